The molecule has 1 aromatic rings. The first-order valence-corrected chi connectivity index (χ1v) is 12.0. The van der Waals surface area contributed by atoms with Crippen molar-refractivity contribution >= 4 is 27.7 Å². The predicted octanol–water partition coefficient (Wildman–Crippen LogP) is 1.44. The zero-order valence-corrected chi connectivity index (χ0v) is 16.7. The highest BCUT2D eigenvalue weighted by atomic mass is 32.2. The Morgan fingerprint density at radius 3 is 2.73 bits per heavy atom. The van der Waals surface area contributed by atoms with Crippen molar-refractivity contribution in [3.63, 3.8) is 0 Å². The van der Waals surface area contributed by atoms with Crippen LogP contribution in [0.5, 0.6) is 0 Å². The van der Waals surface area contributed by atoms with Gasteiger partial charge in [-0.2, -0.15) is 16.5 Å². The number of thioether (sulfide) groups is 1. The molecule has 2 heterocycles. The Morgan fingerprint density at radius 2 is 2.00 bits per heavy atom. The smallest absolute Gasteiger partial charge is 0.241 e. The first-order valence-electron chi connectivity index (χ1n) is 9.11. The molecule has 0 spiro atoms. The summed E-state index contributed by atoms with van der Waals surface area (Å²) in [6, 6.07) is 8.34. The Bertz CT molecular complexity index is 712. The minimum atomic E-state index is -3.72. The molecule has 26 heavy (non-hydrogen) atoms. The van der Waals surface area contributed by atoms with Crippen LogP contribution < -0.4 is 10.0 Å². The monoisotopic (exact) mass is 397 g/mol. The average molecular weight is 398 g/mol. The van der Waals surface area contributed by atoms with Crippen molar-refractivity contribution < 1.29 is 13.2 Å². The van der Waals surface area contributed by atoms with E-state index in [9.17, 15) is 13.2 Å². The van der Waals surface area contributed by atoms with E-state index in [1.807, 2.05) is 11.2 Å². The Kier molecular flexibility index (Phi) is 6.60. The van der Waals surface area contributed by atoms with E-state index in [4.69, 9.17) is 0 Å². The molecule has 1 amide bonds. The van der Waals surface area contributed by atoms with Crippen LogP contribution in [0, 0.1) is 0 Å². The minimum absolute atomic E-state index is 0.104. The van der Waals surface area contributed by atoms with Crippen LogP contribution in [0.25, 0.3) is 0 Å². The zero-order chi connectivity index (χ0) is 18.6. The van der Waals surface area contributed by atoms with E-state index in [2.05, 4.69) is 10.0 Å². The second kappa shape index (κ2) is 8.73. The molecule has 2 saturated heterocycles. The predicted molar refractivity (Wildman–Crippen MR) is 105 cm³/mol. The average Bonchev–Trinajstić information content (AvgIpc) is 2.97. The molecular weight excluding hydrogens is 370 g/mol. The summed E-state index contributed by atoms with van der Waals surface area (Å²) >= 11 is 1.61. The number of sulfonamides is 1. The maximum atomic E-state index is 13.1. The van der Waals surface area contributed by atoms with Crippen LogP contribution in [0.2, 0.25) is 0 Å². The molecule has 8 heteroatoms. The third kappa shape index (κ3) is 4.79. The van der Waals surface area contributed by atoms with E-state index in [1.165, 1.54) is 6.42 Å². The van der Waals surface area contributed by atoms with Crippen molar-refractivity contribution in [2.45, 2.75) is 48.7 Å². The van der Waals surface area contributed by atoms with E-state index >= 15 is 0 Å². The summed E-state index contributed by atoms with van der Waals surface area (Å²) in [5.41, 5.74) is 0. The van der Waals surface area contributed by atoms with Gasteiger partial charge >= 0.3 is 0 Å². The summed E-state index contributed by atoms with van der Waals surface area (Å²) in [6.07, 6.45) is 5.64. The highest BCUT2D eigenvalue weighted by Gasteiger charge is 2.34. The number of likely N-dealkylation sites (tertiary alicyclic amines) is 1. The van der Waals surface area contributed by atoms with Crippen LogP contribution in [-0.4, -0.2) is 62.4 Å². The molecule has 2 bridgehead atoms. The van der Waals surface area contributed by atoms with Gasteiger partial charge in [-0.3, -0.25) is 4.79 Å². The number of nitrogens with one attached hydrogen (secondary N) is 2. The number of benzene rings is 1. The van der Waals surface area contributed by atoms with Gasteiger partial charge in [0.05, 0.1) is 4.90 Å². The summed E-state index contributed by atoms with van der Waals surface area (Å²) in [4.78, 5) is 15.1. The molecule has 0 aromatic heterocycles. The summed E-state index contributed by atoms with van der Waals surface area (Å²) in [7, 11) is -3.72. The van der Waals surface area contributed by atoms with Crippen molar-refractivity contribution in [3.05, 3.63) is 30.3 Å². The molecule has 144 valence electrons. The molecule has 0 saturated carbocycles. The standard InChI is InChI=1S/C18H27N3O3S2/c1-25-12-10-17(20-26(23,24)16-5-3-2-4-6-16)18(22)21-11-9-14-7-8-15(13-21)19-14/h2-6,14-15,17,19-20H,7-13H2,1H3. The van der Waals surface area contributed by atoms with Gasteiger partial charge < -0.3 is 10.2 Å². The summed E-state index contributed by atoms with van der Waals surface area (Å²) < 4.78 is 28.0. The maximum absolute atomic E-state index is 13.1. The molecule has 3 rings (SSSR count). The summed E-state index contributed by atoms with van der Waals surface area (Å²) in [6.45, 7) is 1.36. The lowest BCUT2D eigenvalue weighted by Gasteiger charge is -2.29. The molecule has 3 unspecified atom stereocenters. The van der Waals surface area contributed by atoms with Gasteiger partial charge in [-0.15, -0.1) is 0 Å². The van der Waals surface area contributed by atoms with E-state index < -0.39 is 16.1 Å². The molecule has 3 atom stereocenters. The van der Waals surface area contributed by atoms with Gasteiger partial charge in [0.15, 0.2) is 0 Å². The fourth-order valence-electron chi connectivity index (χ4n) is 3.69. The van der Waals surface area contributed by atoms with Crippen LogP contribution in [-0.2, 0) is 14.8 Å². The van der Waals surface area contributed by atoms with Crippen molar-refractivity contribution in [3.8, 4) is 0 Å². The molecule has 1 aromatic carbocycles. The number of nitrogens with zero attached hydrogens (tertiary/aromatic N) is 1. The third-order valence-corrected chi connectivity index (χ3v) is 7.23. The van der Waals surface area contributed by atoms with E-state index in [0.717, 1.165) is 18.6 Å². The Labute approximate surface area is 160 Å². The van der Waals surface area contributed by atoms with Crippen LogP contribution in [0.1, 0.15) is 25.7 Å². The molecule has 2 aliphatic heterocycles. The number of rotatable bonds is 7. The van der Waals surface area contributed by atoms with Gasteiger partial charge in [0, 0.05) is 25.2 Å². The molecule has 6 nitrogen and oxygen atoms in total. The fraction of sp³-hybridized carbons (Fsp3) is 0.611. The van der Waals surface area contributed by atoms with Gasteiger partial charge in [-0.25, -0.2) is 8.42 Å². The van der Waals surface area contributed by atoms with Gasteiger partial charge in [-0.1, -0.05) is 18.2 Å². The van der Waals surface area contributed by atoms with Crippen molar-refractivity contribution in [1.29, 1.82) is 0 Å². The normalized spacial score (nSPS) is 24.3. The lowest BCUT2D eigenvalue weighted by atomic mass is 10.1. The Hall–Kier alpha value is -1.09. The lowest BCUT2D eigenvalue weighted by Crippen LogP contribution is -2.50. The van der Waals surface area contributed by atoms with Gasteiger partial charge in [0.2, 0.25) is 15.9 Å². The molecular formula is C18H27N3O3S2. The third-order valence-electron chi connectivity index (χ3n) is 5.09. The minimum Gasteiger partial charge on any atom is -0.340 e. The maximum Gasteiger partial charge on any atom is 0.241 e. The molecule has 2 fully saturated rings. The highest BCUT2D eigenvalue weighted by molar-refractivity contribution is 7.98. The first kappa shape index (κ1) is 19.7. The zero-order valence-electron chi connectivity index (χ0n) is 15.1. The first-order chi connectivity index (χ1) is 12.5. The molecule has 0 aliphatic carbocycles. The van der Waals surface area contributed by atoms with Crippen molar-refractivity contribution in [1.82, 2.24) is 14.9 Å². The van der Waals surface area contributed by atoms with Crippen LogP contribution in [0.15, 0.2) is 35.2 Å². The summed E-state index contributed by atoms with van der Waals surface area (Å²) in [5, 5.41) is 3.56. The van der Waals surface area contributed by atoms with Crippen molar-refractivity contribution in [2.24, 2.45) is 0 Å². The van der Waals surface area contributed by atoms with Gasteiger partial charge in [-0.05, 0) is 49.8 Å². The molecule has 0 radical (unpaired) electrons. The SMILES string of the molecule is CSCCC(NS(=O)(=O)c1ccccc1)C(=O)N1CCC2CCC(C1)N2. The number of carbonyl (C=O) groups excluding carboxylic acids is 1. The fourth-order valence-corrected chi connectivity index (χ4v) is 5.40. The van der Waals surface area contributed by atoms with E-state index in [-0.39, 0.29) is 10.8 Å². The Balaban J connectivity index is 1.73. The number of carbonyl (C=O) groups is 1. The lowest BCUT2D eigenvalue weighted by molar-refractivity contribution is -0.133. The quantitative estimate of drug-likeness (QED) is 0.728. The molecule has 2 N–H and O–H groups in total. The number of hydrogen-bond acceptors (Lipinski definition) is 5. The topological polar surface area (TPSA) is 78.5 Å². The number of fused-ring (bicyclic) bond motifs is 2. The summed E-state index contributed by atoms with van der Waals surface area (Å²) in [5.74, 6) is 0.624. The van der Waals surface area contributed by atoms with Gasteiger partial charge in [0.1, 0.15) is 6.04 Å². The second-order valence-electron chi connectivity index (χ2n) is 6.98. The van der Waals surface area contributed by atoms with Gasteiger partial charge in [0.25, 0.3) is 0 Å². The molecule has 2 aliphatic rings. The van der Waals surface area contributed by atoms with Crippen molar-refractivity contribution in [2.75, 3.05) is 25.1 Å². The number of hydrogen-bond donors (Lipinski definition) is 2. The number of amides is 1. The highest BCUT2D eigenvalue weighted by Crippen LogP contribution is 2.21. The van der Waals surface area contributed by atoms with E-state index in [0.29, 0.717) is 31.6 Å². The second-order valence-corrected chi connectivity index (χ2v) is 9.68. The van der Waals surface area contributed by atoms with Crippen LogP contribution in [0.4, 0.5) is 0 Å². The van der Waals surface area contributed by atoms with Crippen LogP contribution >= 0.6 is 11.8 Å². The van der Waals surface area contributed by atoms with Crippen LogP contribution in [0.3, 0.4) is 0 Å². The van der Waals surface area contributed by atoms with E-state index in [1.54, 1.807) is 42.1 Å². The largest absolute Gasteiger partial charge is 0.340 e. The Morgan fingerprint density at radius 1 is 1.27 bits per heavy atom.